The van der Waals surface area contributed by atoms with Gasteiger partial charge in [0.15, 0.2) is 0 Å². The molecule has 0 saturated carbocycles. The van der Waals surface area contributed by atoms with E-state index in [0.717, 1.165) is 29.1 Å². The van der Waals surface area contributed by atoms with E-state index in [1.165, 1.54) is 5.56 Å². The van der Waals surface area contributed by atoms with E-state index in [4.69, 9.17) is 4.74 Å². The van der Waals surface area contributed by atoms with Crippen molar-refractivity contribution in [3.8, 4) is 16.9 Å². The Morgan fingerprint density at radius 2 is 1.96 bits per heavy atom. The number of anilines is 1. The smallest absolute Gasteiger partial charge is 0.119 e. The summed E-state index contributed by atoms with van der Waals surface area (Å²) < 4.78 is 5.22. The number of nitrogens with one attached hydrogen (secondary N) is 3. The molecular formula is C18H20N4O. The summed E-state index contributed by atoms with van der Waals surface area (Å²) in [4.78, 5) is 0. The maximum absolute atomic E-state index is 5.22. The van der Waals surface area contributed by atoms with Crippen molar-refractivity contribution < 1.29 is 4.74 Å². The summed E-state index contributed by atoms with van der Waals surface area (Å²) in [6.07, 6.45) is 3.70. The van der Waals surface area contributed by atoms with Crippen molar-refractivity contribution >= 4 is 5.69 Å². The molecule has 5 nitrogen and oxygen atoms in total. The molecular weight excluding hydrogens is 288 g/mol. The van der Waals surface area contributed by atoms with E-state index >= 15 is 0 Å². The lowest BCUT2D eigenvalue weighted by Gasteiger charge is -2.09. The molecule has 118 valence electrons. The van der Waals surface area contributed by atoms with Crippen LogP contribution in [0.3, 0.4) is 0 Å². The SMILES string of the molecule is COc1cccc(CNCNc2ccc(-c3cn[nH]c3)cc2)c1. The molecule has 0 amide bonds. The minimum atomic E-state index is 0.697. The lowest BCUT2D eigenvalue weighted by atomic mass is 10.1. The van der Waals surface area contributed by atoms with Gasteiger partial charge < -0.3 is 10.1 Å². The van der Waals surface area contributed by atoms with Crippen LogP contribution in [0.1, 0.15) is 5.56 Å². The molecule has 3 N–H and O–H groups in total. The Bertz CT molecular complexity index is 723. The van der Waals surface area contributed by atoms with E-state index < -0.39 is 0 Å². The monoisotopic (exact) mass is 308 g/mol. The number of hydrogen-bond donors (Lipinski definition) is 3. The maximum atomic E-state index is 5.22. The van der Waals surface area contributed by atoms with Crippen molar-refractivity contribution in [1.82, 2.24) is 15.5 Å². The molecule has 1 heterocycles. The van der Waals surface area contributed by atoms with Gasteiger partial charge in [-0.15, -0.1) is 0 Å². The van der Waals surface area contributed by atoms with Gasteiger partial charge in [0.25, 0.3) is 0 Å². The number of benzene rings is 2. The topological polar surface area (TPSA) is 62.0 Å². The van der Waals surface area contributed by atoms with Gasteiger partial charge in [0.1, 0.15) is 5.75 Å². The summed E-state index contributed by atoms with van der Waals surface area (Å²) in [5, 5.41) is 13.5. The minimum Gasteiger partial charge on any atom is -0.497 e. The summed E-state index contributed by atoms with van der Waals surface area (Å²) in [6.45, 7) is 1.49. The lowest BCUT2D eigenvalue weighted by Crippen LogP contribution is -2.21. The van der Waals surface area contributed by atoms with Crippen LogP contribution in [0.15, 0.2) is 60.9 Å². The average molecular weight is 308 g/mol. The fraction of sp³-hybridized carbons (Fsp3) is 0.167. The third-order valence-electron chi connectivity index (χ3n) is 3.60. The van der Waals surface area contributed by atoms with E-state index in [2.05, 4.69) is 51.2 Å². The summed E-state index contributed by atoms with van der Waals surface area (Å²) in [5.41, 5.74) is 4.51. The van der Waals surface area contributed by atoms with Crippen LogP contribution in [-0.4, -0.2) is 24.0 Å². The largest absolute Gasteiger partial charge is 0.497 e. The molecule has 0 bridgehead atoms. The number of H-pyrrole nitrogens is 1. The minimum absolute atomic E-state index is 0.697. The average Bonchev–Trinajstić information content (AvgIpc) is 3.14. The predicted octanol–water partition coefficient (Wildman–Crippen LogP) is 3.24. The van der Waals surface area contributed by atoms with E-state index in [1.54, 1.807) is 7.11 Å². The number of rotatable bonds is 7. The molecule has 1 aromatic heterocycles. The van der Waals surface area contributed by atoms with Crippen LogP contribution in [0.2, 0.25) is 0 Å². The fourth-order valence-electron chi connectivity index (χ4n) is 2.34. The van der Waals surface area contributed by atoms with Gasteiger partial charge in [-0.25, -0.2) is 0 Å². The Kier molecular flexibility index (Phi) is 4.91. The van der Waals surface area contributed by atoms with Gasteiger partial charge in [-0.3, -0.25) is 10.4 Å². The first kappa shape index (κ1) is 15.1. The zero-order valence-electron chi connectivity index (χ0n) is 13.0. The summed E-state index contributed by atoms with van der Waals surface area (Å²) in [7, 11) is 1.68. The Hall–Kier alpha value is -2.79. The number of nitrogens with zero attached hydrogens (tertiary/aromatic N) is 1. The number of aromatic nitrogens is 2. The van der Waals surface area contributed by atoms with Crippen LogP contribution < -0.4 is 15.4 Å². The van der Waals surface area contributed by atoms with Crippen molar-refractivity contribution in [1.29, 1.82) is 0 Å². The van der Waals surface area contributed by atoms with E-state index in [0.29, 0.717) is 6.67 Å². The molecule has 2 aromatic carbocycles. The molecule has 0 radical (unpaired) electrons. The Morgan fingerprint density at radius 1 is 1.09 bits per heavy atom. The molecule has 3 rings (SSSR count). The van der Waals surface area contributed by atoms with Crippen LogP contribution in [0.5, 0.6) is 5.75 Å². The molecule has 0 aliphatic rings. The second-order valence-corrected chi connectivity index (χ2v) is 5.20. The van der Waals surface area contributed by atoms with Crippen molar-refractivity contribution in [3.63, 3.8) is 0 Å². The molecule has 0 saturated heterocycles. The third-order valence-corrected chi connectivity index (χ3v) is 3.60. The number of aromatic amines is 1. The van der Waals surface area contributed by atoms with Gasteiger partial charge in [0.2, 0.25) is 0 Å². The highest BCUT2D eigenvalue weighted by Gasteiger charge is 1.99. The number of ether oxygens (including phenoxy) is 1. The van der Waals surface area contributed by atoms with Gasteiger partial charge in [-0.2, -0.15) is 5.10 Å². The second-order valence-electron chi connectivity index (χ2n) is 5.20. The highest BCUT2D eigenvalue weighted by molar-refractivity contribution is 5.64. The van der Waals surface area contributed by atoms with Crippen LogP contribution in [0.4, 0.5) is 5.69 Å². The highest BCUT2D eigenvalue weighted by atomic mass is 16.5. The van der Waals surface area contributed by atoms with E-state index in [1.807, 2.05) is 30.6 Å². The Morgan fingerprint density at radius 3 is 2.70 bits per heavy atom. The van der Waals surface area contributed by atoms with Crippen molar-refractivity contribution in [2.45, 2.75) is 6.54 Å². The first-order chi connectivity index (χ1) is 11.3. The Balaban J connectivity index is 1.47. The molecule has 3 aromatic rings. The Labute approximate surface area is 135 Å². The van der Waals surface area contributed by atoms with Crippen molar-refractivity contribution in [2.75, 3.05) is 19.1 Å². The van der Waals surface area contributed by atoms with E-state index in [9.17, 15) is 0 Å². The maximum Gasteiger partial charge on any atom is 0.119 e. The lowest BCUT2D eigenvalue weighted by molar-refractivity contribution is 0.414. The van der Waals surface area contributed by atoms with E-state index in [-0.39, 0.29) is 0 Å². The normalized spacial score (nSPS) is 10.5. The van der Waals surface area contributed by atoms with Crippen LogP contribution in [0.25, 0.3) is 11.1 Å². The standard InChI is InChI=1S/C18H20N4O/c1-23-18-4-2-3-14(9-18)10-19-13-20-17-7-5-15(6-8-17)16-11-21-22-12-16/h2-9,11-12,19-20H,10,13H2,1H3,(H,21,22). The predicted molar refractivity (Wildman–Crippen MR) is 92.3 cm³/mol. The van der Waals surface area contributed by atoms with Gasteiger partial charge in [-0.1, -0.05) is 24.3 Å². The first-order valence-electron chi connectivity index (χ1n) is 7.52. The first-order valence-corrected chi connectivity index (χ1v) is 7.52. The molecule has 0 atom stereocenters. The van der Waals surface area contributed by atoms with Gasteiger partial charge in [0, 0.05) is 24.0 Å². The van der Waals surface area contributed by atoms with Crippen LogP contribution in [-0.2, 0) is 6.54 Å². The fourth-order valence-corrected chi connectivity index (χ4v) is 2.34. The molecule has 0 aliphatic heterocycles. The summed E-state index contributed by atoms with van der Waals surface area (Å²) in [6, 6.07) is 16.3. The van der Waals surface area contributed by atoms with Crippen LogP contribution >= 0.6 is 0 Å². The molecule has 0 spiro atoms. The summed E-state index contributed by atoms with van der Waals surface area (Å²) >= 11 is 0. The van der Waals surface area contributed by atoms with Crippen molar-refractivity contribution in [2.24, 2.45) is 0 Å². The van der Waals surface area contributed by atoms with Crippen LogP contribution in [0, 0.1) is 0 Å². The molecule has 0 unspecified atom stereocenters. The number of methoxy groups -OCH3 is 1. The van der Waals surface area contributed by atoms with Gasteiger partial charge in [-0.05, 0) is 35.4 Å². The van der Waals surface area contributed by atoms with Gasteiger partial charge >= 0.3 is 0 Å². The molecule has 0 fully saturated rings. The quantitative estimate of drug-likeness (QED) is 0.463. The zero-order chi connectivity index (χ0) is 15.9. The molecule has 23 heavy (non-hydrogen) atoms. The molecule has 0 aliphatic carbocycles. The zero-order valence-corrected chi connectivity index (χ0v) is 13.0. The molecule has 5 heteroatoms. The highest BCUT2D eigenvalue weighted by Crippen LogP contribution is 2.19. The number of hydrogen-bond acceptors (Lipinski definition) is 4. The summed E-state index contributed by atoms with van der Waals surface area (Å²) in [5.74, 6) is 0.882. The third kappa shape index (κ3) is 4.11. The second kappa shape index (κ2) is 7.47. The van der Waals surface area contributed by atoms with Gasteiger partial charge in [0.05, 0.1) is 20.0 Å². The van der Waals surface area contributed by atoms with Crippen molar-refractivity contribution in [3.05, 3.63) is 66.5 Å².